The maximum atomic E-state index is 12.0. The van der Waals surface area contributed by atoms with Crippen LogP contribution in [0.15, 0.2) is 41.3 Å². The zero-order chi connectivity index (χ0) is 18.3. The molecule has 0 atom stereocenters. The number of nitrogens with zero attached hydrogens (tertiary/aromatic N) is 1. The van der Waals surface area contributed by atoms with Crippen molar-refractivity contribution in [3.8, 4) is 0 Å². The SMILES string of the molecule is [2H]C([2H])([2H])N(c1cccc2c(S(=O)(=O)NN)cccc12)C([2H])([2H])[2H]. The zero-order valence-electron chi connectivity index (χ0n) is 15.2. The lowest BCUT2D eigenvalue weighted by atomic mass is 10.1. The van der Waals surface area contributed by atoms with E-state index in [2.05, 4.69) is 0 Å². The van der Waals surface area contributed by atoms with Crippen molar-refractivity contribution in [1.29, 1.82) is 0 Å². The Morgan fingerprint density at radius 2 is 1.83 bits per heavy atom. The lowest BCUT2D eigenvalue weighted by molar-refractivity contribution is 0.585. The number of nitrogens with two attached hydrogens (primary N) is 1. The summed E-state index contributed by atoms with van der Waals surface area (Å²) in [4.78, 5) is 1.83. The number of hydrogen-bond donors (Lipinski definition) is 2. The van der Waals surface area contributed by atoms with E-state index < -0.39 is 24.0 Å². The summed E-state index contributed by atoms with van der Waals surface area (Å²) in [5.74, 6) is 5.04. The molecule has 0 fully saturated rings. The van der Waals surface area contributed by atoms with Gasteiger partial charge in [0.05, 0.1) is 4.90 Å². The molecule has 0 saturated carbocycles. The molecule has 96 valence electrons. The highest BCUT2D eigenvalue weighted by atomic mass is 32.2. The van der Waals surface area contributed by atoms with E-state index in [1.807, 2.05) is 0 Å². The summed E-state index contributed by atoms with van der Waals surface area (Å²) in [6, 6.07) is 8.26. The van der Waals surface area contributed by atoms with E-state index in [9.17, 15) is 8.42 Å². The van der Waals surface area contributed by atoms with Crippen LogP contribution in [0, 0.1) is 0 Å². The van der Waals surface area contributed by atoms with Crippen LogP contribution in [0.3, 0.4) is 0 Å². The number of nitrogens with one attached hydrogen (secondary N) is 1. The maximum absolute atomic E-state index is 12.0. The van der Waals surface area contributed by atoms with Gasteiger partial charge in [0.2, 0.25) is 0 Å². The predicted molar refractivity (Wildman–Crippen MR) is 72.8 cm³/mol. The second kappa shape index (κ2) is 4.56. The number of benzene rings is 2. The summed E-state index contributed by atoms with van der Waals surface area (Å²) in [7, 11) is -4.01. The predicted octanol–water partition coefficient (Wildman–Crippen LogP) is 1.06. The van der Waals surface area contributed by atoms with Crippen molar-refractivity contribution in [1.82, 2.24) is 4.83 Å². The lowest BCUT2D eigenvalue weighted by Crippen LogP contribution is -2.30. The molecule has 0 saturated heterocycles. The highest BCUT2D eigenvalue weighted by molar-refractivity contribution is 7.89. The number of hydrogen-bond acceptors (Lipinski definition) is 4. The van der Waals surface area contributed by atoms with Gasteiger partial charge in [0, 0.05) is 38.6 Å². The lowest BCUT2D eigenvalue weighted by Gasteiger charge is -2.16. The Labute approximate surface area is 115 Å². The van der Waals surface area contributed by atoms with Crippen LogP contribution < -0.4 is 15.6 Å². The molecule has 2 aromatic carbocycles. The second-order valence-corrected chi connectivity index (χ2v) is 5.27. The van der Waals surface area contributed by atoms with Gasteiger partial charge in [-0.2, -0.15) is 4.83 Å². The Hall–Kier alpha value is -1.63. The first-order chi connectivity index (χ1) is 10.9. The van der Waals surface area contributed by atoms with Crippen molar-refractivity contribution < 1.29 is 16.6 Å². The van der Waals surface area contributed by atoms with Gasteiger partial charge in [-0.3, -0.25) is 5.84 Å². The van der Waals surface area contributed by atoms with Gasteiger partial charge < -0.3 is 4.90 Å². The van der Waals surface area contributed by atoms with E-state index in [0.29, 0.717) is 4.90 Å². The molecule has 0 aromatic heterocycles. The molecule has 0 amide bonds. The minimum Gasteiger partial charge on any atom is -0.377 e. The molecule has 0 bridgehead atoms. The largest absolute Gasteiger partial charge is 0.377 e. The molecule has 2 aromatic rings. The van der Waals surface area contributed by atoms with Gasteiger partial charge >= 0.3 is 0 Å². The quantitative estimate of drug-likeness (QED) is 0.646. The Morgan fingerprint density at radius 3 is 2.50 bits per heavy atom. The average molecular weight is 271 g/mol. The highest BCUT2D eigenvalue weighted by Gasteiger charge is 2.16. The summed E-state index contributed by atoms with van der Waals surface area (Å²) >= 11 is 0. The van der Waals surface area contributed by atoms with Gasteiger partial charge in [-0.1, -0.05) is 24.3 Å². The number of sulfonamides is 1. The van der Waals surface area contributed by atoms with Crippen LogP contribution in [0.2, 0.25) is 0 Å². The molecule has 5 nitrogen and oxygen atoms in total. The Kier molecular flexibility index (Phi) is 1.80. The number of anilines is 1. The normalized spacial score (nSPS) is 18.1. The van der Waals surface area contributed by atoms with Crippen LogP contribution in [-0.2, 0) is 10.0 Å². The molecule has 0 radical (unpaired) electrons. The monoisotopic (exact) mass is 271 g/mol. The van der Waals surface area contributed by atoms with E-state index in [1.54, 1.807) is 4.83 Å². The molecule has 0 aliphatic heterocycles. The molecule has 0 spiro atoms. The van der Waals surface area contributed by atoms with Crippen molar-refractivity contribution in [2.75, 3.05) is 18.9 Å². The Bertz CT molecular complexity index is 849. The first-order valence-electron chi connectivity index (χ1n) is 7.94. The smallest absolute Gasteiger partial charge is 0.253 e. The minimum absolute atomic E-state index is 0.124. The molecule has 0 aliphatic rings. The third kappa shape index (κ3) is 2.05. The maximum Gasteiger partial charge on any atom is 0.253 e. The molecule has 0 heterocycles. The Balaban J connectivity index is 2.85. The number of fused-ring (bicyclic) bond motifs is 1. The van der Waals surface area contributed by atoms with Gasteiger partial charge in [-0.05, 0) is 12.1 Å². The molecule has 0 unspecified atom stereocenters. The minimum atomic E-state index is -4.01. The average Bonchev–Trinajstić information content (AvgIpc) is 2.44. The summed E-state index contributed by atoms with van der Waals surface area (Å²) in [5.41, 5.74) is -0.124. The van der Waals surface area contributed by atoms with E-state index in [-0.39, 0.29) is 21.4 Å². The topological polar surface area (TPSA) is 75.4 Å². The van der Waals surface area contributed by atoms with Crippen LogP contribution >= 0.6 is 0 Å². The van der Waals surface area contributed by atoms with Crippen molar-refractivity contribution in [2.24, 2.45) is 5.84 Å². The van der Waals surface area contributed by atoms with Gasteiger partial charge in [0.25, 0.3) is 10.0 Å². The molecule has 6 heteroatoms. The molecular weight excluding hydrogens is 250 g/mol. The third-order valence-electron chi connectivity index (χ3n) is 2.54. The van der Waals surface area contributed by atoms with Crippen molar-refractivity contribution >= 4 is 26.5 Å². The van der Waals surface area contributed by atoms with Crippen LogP contribution in [-0.4, -0.2) is 22.4 Å². The van der Waals surface area contributed by atoms with Gasteiger partial charge in [0.15, 0.2) is 0 Å². The zero-order valence-corrected chi connectivity index (χ0v) is 10.0. The van der Waals surface area contributed by atoms with Crippen molar-refractivity contribution in [2.45, 2.75) is 4.90 Å². The van der Waals surface area contributed by atoms with E-state index in [0.717, 1.165) is 0 Å². The number of rotatable bonds is 3. The molecule has 2 rings (SSSR count). The molecular formula is C12H15N3O2S. The second-order valence-electron chi connectivity index (χ2n) is 3.59. The summed E-state index contributed by atoms with van der Waals surface area (Å²) < 4.78 is 69.1. The standard InChI is InChI=1S/C12H15N3O2S/c1-15(2)11-7-3-6-10-9(11)5-4-8-12(10)18(16,17)14-13/h3-8,14H,13H2,1-2H3/i1D3,2D3. The molecule has 3 N–H and O–H groups in total. The van der Waals surface area contributed by atoms with Gasteiger partial charge in [-0.15, -0.1) is 0 Å². The van der Waals surface area contributed by atoms with E-state index in [4.69, 9.17) is 14.1 Å². The van der Waals surface area contributed by atoms with E-state index in [1.165, 1.54) is 36.4 Å². The fourth-order valence-electron chi connectivity index (χ4n) is 1.76. The third-order valence-corrected chi connectivity index (χ3v) is 3.79. The first-order valence-corrected chi connectivity index (χ1v) is 6.42. The summed E-state index contributed by atoms with van der Waals surface area (Å²) in [5, 5.41) is 0.326. The fourth-order valence-corrected chi connectivity index (χ4v) is 2.61. The van der Waals surface area contributed by atoms with Crippen LogP contribution in [0.25, 0.3) is 10.8 Å². The van der Waals surface area contributed by atoms with Gasteiger partial charge in [0.1, 0.15) is 0 Å². The van der Waals surface area contributed by atoms with Crippen molar-refractivity contribution in [3.63, 3.8) is 0 Å². The summed E-state index contributed by atoms with van der Waals surface area (Å²) in [6.45, 7) is -5.89. The highest BCUT2D eigenvalue weighted by Crippen LogP contribution is 2.29. The van der Waals surface area contributed by atoms with Crippen LogP contribution in [0.1, 0.15) is 8.22 Å². The molecule has 0 aliphatic carbocycles. The van der Waals surface area contributed by atoms with Gasteiger partial charge in [-0.25, -0.2) is 8.42 Å². The fraction of sp³-hybridized carbons (Fsp3) is 0.167. The van der Waals surface area contributed by atoms with Crippen LogP contribution in [0.4, 0.5) is 5.69 Å². The number of hydrazine groups is 1. The van der Waals surface area contributed by atoms with Crippen LogP contribution in [0.5, 0.6) is 0 Å². The van der Waals surface area contributed by atoms with Crippen molar-refractivity contribution in [3.05, 3.63) is 36.4 Å². The van der Waals surface area contributed by atoms with E-state index >= 15 is 0 Å². The first kappa shape index (κ1) is 7.08. The Morgan fingerprint density at radius 1 is 1.17 bits per heavy atom. The summed E-state index contributed by atoms with van der Waals surface area (Å²) in [6.07, 6.45) is 0. The molecule has 18 heavy (non-hydrogen) atoms.